The summed E-state index contributed by atoms with van der Waals surface area (Å²) in [6, 6.07) is 12.1. The van der Waals surface area contributed by atoms with Crippen molar-refractivity contribution in [2.75, 3.05) is 13.2 Å². The van der Waals surface area contributed by atoms with Gasteiger partial charge in [0, 0.05) is 27.8 Å². The monoisotopic (exact) mass is 592 g/mol. The zero-order valence-corrected chi connectivity index (χ0v) is 21.4. The van der Waals surface area contributed by atoms with E-state index in [1.54, 1.807) is 56.3 Å². The van der Waals surface area contributed by atoms with E-state index in [-0.39, 0.29) is 37.3 Å². The molecule has 0 spiro atoms. The molecule has 1 aliphatic heterocycles. The zero-order valence-electron chi connectivity index (χ0n) is 19.2. The molecule has 0 saturated carbocycles. The molecule has 10 heteroatoms. The topological polar surface area (TPSA) is 122 Å². The Morgan fingerprint density at radius 3 is 2.54 bits per heavy atom. The molecule has 3 rings (SSSR count). The third-order valence-electron chi connectivity index (χ3n) is 5.36. The average molecular weight is 592 g/mol. The SMILES string of the molecule is CCOC(=O)C1=C(C)N(CCCC(=O)O)C(=O)NC1c1ccccc1OC(=O)c1cccc(I)c1. The fourth-order valence-corrected chi connectivity index (χ4v) is 4.27. The molecule has 0 radical (unpaired) electrons. The third-order valence-corrected chi connectivity index (χ3v) is 6.03. The lowest BCUT2D eigenvalue weighted by atomic mass is 9.94. The minimum atomic E-state index is -0.976. The van der Waals surface area contributed by atoms with Gasteiger partial charge in [0.2, 0.25) is 0 Å². The Labute approximate surface area is 216 Å². The van der Waals surface area contributed by atoms with E-state index in [1.807, 2.05) is 6.07 Å². The summed E-state index contributed by atoms with van der Waals surface area (Å²) < 4.78 is 11.8. The molecule has 184 valence electrons. The molecule has 2 aromatic rings. The maximum absolute atomic E-state index is 13.0. The van der Waals surface area contributed by atoms with Crippen LogP contribution in [0.2, 0.25) is 0 Å². The molecule has 0 saturated heterocycles. The van der Waals surface area contributed by atoms with Crippen LogP contribution in [0.4, 0.5) is 4.79 Å². The number of carbonyl (C=O) groups is 4. The van der Waals surface area contributed by atoms with Crippen molar-refractivity contribution in [3.8, 4) is 5.75 Å². The lowest BCUT2D eigenvalue weighted by Gasteiger charge is -2.35. The van der Waals surface area contributed by atoms with Crippen LogP contribution < -0.4 is 10.1 Å². The molecule has 2 amide bonds. The fraction of sp³-hybridized carbons (Fsp3) is 0.280. The summed E-state index contributed by atoms with van der Waals surface area (Å²) in [5.74, 6) is -1.99. The second kappa shape index (κ2) is 11.8. The van der Waals surface area contributed by atoms with Gasteiger partial charge < -0.3 is 19.9 Å². The maximum atomic E-state index is 13.0. The maximum Gasteiger partial charge on any atom is 0.343 e. The predicted molar refractivity (Wildman–Crippen MR) is 135 cm³/mol. The van der Waals surface area contributed by atoms with Gasteiger partial charge in [-0.15, -0.1) is 0 Å². The van der Waals surface area contributed by atoms with Gasteiger partial charge >= 0.3 is 23.9 Å². The van der Waals surface area contributed by atoms with Crippen LogP contribution >= 0.6 is 22.6 Å². The van der Waals surface area contributed by atoms with E-state index in [2.05, 4.69) is 27.9 Å². The van der Waals surface area contributed by atoms with E-state index < -0.39 is 30.0 Å². The van der Waals surface area contributed by atoms with Crippen LogP contribution in [0.1, 0.15) is 48.7 Å². The number of nitrogens with one attached hydrogen (secondary N) is 1. The number of halogens is 1. The molecule has 9 nitrogen and oxygen atoms in total. The van der Waals surface area contributed by atoms with Crippen molar-refractivity contribution in [2.24, 2.45) is 0 Å². The molecule has 0 aromatic heterocycles. The van der Waals surface area contributed by atoms with Crippen molar-refractivity contribution in [1.82, 2.24) is 10.2 Å². The highest BCUT2D eigenvalue weighted by atomic mass is 127. The predicted octanol–water partition coefficient (Wildman–Crippen LogP) is 4.28. The standard InChI is InChI=1S/C25H25IN2O7/c1-3-34-24(32)21-15(2)28(13-7-12-20(29)30)25(33)27-22(21)18-10-4-5-11-19(18)35-23(31)16-8-6-9-17(26)14-16/h4-6,8-11,14,22H,3,7,12-13H2,1-2H3,(H,27,33)(H,29,30). The summed E-state index contributed by atoms with van der Waals surface area (Å²) in [7, 11) is 0. The fourth-order valence-electron chi connectivity index (χ4n) is 3.73. The summed E-state index contributed by atoms with van der Waals surface area (Å²) in [6.45, 7) is 3.52. The van der Waals surface area contributed by atoms with Crippen molar-refractivity contribution < 1.29 is 33.8 Å². The zero-order chi connectivity index (χ0) is 25.5. The van der Waals surface area contributed by atoms with E-state index in [0.29, 0.717) is 16.8 Å². The van der Waals surface area contributed by atoms with Crippen molar-refractivity contribution in [3.63, 3.8) is 0 Å². The molecular formula is C25H25IN2O7. The molecule has 0 bridgehead atoms. The average Bonchev–Trinajstić information content (AvgIpc) is 2.81. The number of allylic oxidation sites excluding steroid dienone is 1. The Kier molecular flexibility index (Phi) is 8.85. The number of aliphatic carboxylic acids is 1. The lowest BCUT2D eigenvalue weighted by Crippen LogP contribution is -2.48. The van der Waals surface area contributed by atoms with E-state index >= 15 is 0 Å². The molecule has 1 atom stereocenters. The first kappa shape index (κ1) is 26.2. The smallest absolute Gasteiger partial charge is 0.343 e. The van der Waals surface area contributed by atoms with Gasteiger partial charge in [0.25, 0.3) is 0 Å². The second-order valence-corrected chi connectivity index (χ2v) is 8.93. The van der Waals surface area contributed by atoms with E-state index in [1.165, 1.54) is 4.90 Å². The lowest BCUT2D eigenvalue weighted by molar-refractivity contribution is -0.139. The number of ether oxygens (including phenoxy) is 2. The van der Waals surface area contributed by atoms with Crippen molar-refractivity contribution in [3.05, 3.63) is 74.5 Å². The van der Waals surface area contributed by atoms with Crippen molar-refractivity contribution in [2.45, 2.75) is 32.7 Å². The molecule has 0 aliphatic carbocycles. The molecule has 2 N–H and O–H groups in total. The number of carboxylic acids is 1. The van der Waals surface area contributed by atoms with Crippen LogP contribution in [0.25, 0.3) is 0 Å². The van der Waals surface area contributed by atoms with Crippen LogP contribution in [0.5, 0.6) is 5.75 Å². The number of carbonyl (C=O) groups excluding carboxylic acids is 3. The molecular weight excluding hydrogens is 567 g/mol. The summed E-state index contributed by atoms with van der Waals surface area (Å²) in [5.41, 5.74) is 1.30. The van der Waals surface area contributed by atoms with Gasteiger partial charge in [-0.05, 0) is 67.1 Å². The number of amides is 2. The summed E-state index contributed by atoms with van der Waals surface area (Å²) in [5, 5.41) is 11.7. The highest BCUT2D eigenvalue weighted by molar-refractivity contribution is 14.1. The number of carboxylic acid groups (broad SMARTS) is 1. The van der Waals surface area contributed by atoms with Crippen LogP contribution in [0, 0.1) is 3.57 Å². The first-order chi connectivity index (χ1) is 16.7. The number of esters is 2. The molecule has 1 heterocycles. The van der Waals surface area contributed by atoms with Gasteiger partial charge in [0.1, 0.15) is 5.75 Å². The number of nitrogens with zero attached hydrogens (tertiary/aromatic N) is 1. The molecule has 1 aliphatic rings. The molecule has 1 unspecified atom stereocenters. The molecule has 2 aromatic carbocycles. The minimum Gasteiger partial charge on any atom is -0.481 e. The Hall–Kier alpha value is -3.41. The number of rotatable bonds is 9. The van der Waals surface area contributed by atoms with Gasteiger partial charge in [-0.3, -0.25) is 9.69 Å². The molecule has 35 heavy (non-hydrogen) atoms. The van der Waals surface area contributed by atoms with Crippen molar-refractivity contribution in [1.29, 1.82) is 0 Å². The van der Waals surface area contributed by atoms with E-state index in [4.69, 9.17) is 14.6 Å². The minimum absolute atomic E-state index is 0.114. The van der Waals surface area contributed by atoms with Gasteiger partial charge in [-0.2, -0.15) is 0 Å². The summed E-state index contributed by atoms with van der Waals surface area (Å²) >= 11 is 2.10. The van der Waals surface area contributed by atoms with E-state index in [9.17, 15) is 19.2 Å². The molecule has 0 fully saturated rings. The van der Waals surface area contributed by atoms with Crippen LogP contribution in [-0.2, 0) is 14.3 Å². The number of para-hydroxylation sites is 1. The number of benzene rings is 2. The Morgan fingerprint density at radius 1 is 1.11 bits per heavy atom. The van der Waals surface area contributed by atoms with Gasteiger partial charge in [0.15, 0.2) is 0 Å². The first-order valence-electron chi connectivity index (χ1n) is 11.0. The summed E-state index contributed by atoms with van der Waals surface area (Å²) in [4.78, 5) is 50.9. The number of hydrogen-bond acceptors (Lipinski definition) is 6. The van der Waals surface area contributed by atoms with Gasteiger partial charge in [-0.25, -0.2) is 14.4 Å². The normalized spacial score (nSPS) is 15.5. The van der Waals surface area contributed by atoms with Gasteiger partial charge in [0.05, 0.1) is 23.8 Å². The third kappa shape index (κ3) is 6.38. The van der Waals surface area contributed by atoms with Crippen LogP contribution in [-0.4, -0.2) is 47.1 Å². The summed E-state index contributed by atoms with van der Waals surface area (Å²) in [6.07, 6.45) is 0.0946. The van der Waals surface area contributed by atoms with Crippen LogP contribution in [0.15, 0.2) is 59.8 Å². The largest absolute Gasteiger partial charge is 0.481 e. The Bertz CT molecular complexity index is 1180. The van der Waals surface area contributed by atoms with E-state index in [0.717, 1.165) is 3.57 Å². The van der Waals surface area contributed by atoms with Crippen LogP contribution in [0.3, 0.4) is 0 Å². The first-order valence-corrected chi connectivity index (χ1v) is 12.0. The number of hydrogen-bond donors (Lipinski definition) is 2. The van der Waals surface area contributed by atoms with Crippen molar-refractivity contribution >= 4 is 46.5 Å². The number of urea groups is 1. The quantitative estimate of drug-likeness (QED) is 0.253. The Morgan fingerprint density at radius 2 is 1.86 bits per heavy atom. The highest BCUT2D eigenvalue weighted by Gasteiger charge is 2.37. The Balaban J connectivity index is 1.98. The highest BCUT2D eigenvalue weighted by Crippen LogP contribution is 2.36. The van der Waals surface area contributed by atoms with Gasteiger partial charge in [-0.1, -0.05) is 24.3 Å². The second-order valence-electron chi connectivity index (χ2n) is 7.69.